The van der Waals surface area contributed by atoms with Crippen LogP contribution in [-0.2, 0) is 11.8 Å². The van der Waals surface area contributed by atoms with Crippen molar-refractivity contribution in [3.8, 4) is 11.8 Å². The van der Waals surface area contributed by atoms with Gasteiger partial charge in [-0.25, -0.2) is 4.79 Å². The third kappa shape index (κ3) is 1.61. The Morgan fingerprint density at radius 2 is 2.25 bits per heavy atom. The molecule has 0 saturated carbocycles. The lowest BCUT2D eigenvalue weighted by atomic mass is 10.5. The lowest BCUT2D eigenvalue weighted by Crippen LogP contribution is -1.96. The van der Waals surface area contributed by atoms with Crippen molar-refractivity contribution >= 4 is 5.97 Å². The molecule has 1 aromatic rings. The summed E-state index contributed by atoms with van der Waals surface area (Å²) >= 11 is 0. The summed E-state index contributed by atoms with van der Waals surface area (Å²) in [6.45, 7) is 1.76. The fourth-order valence-corrected chi connectivity index (χ4v) is 0.625. The van der Waals surface area contributed by atoms with Gasteiger partial charge in [-0.2, -0.15) is 0 Å². The van der Waals surface area contributed by atoms with E-state index in [0.29, 0.717) is 11.6 Å². The lowest BCUT2D eigenvalue weighted by molar-refractivity contribution is -0.130. The van der Waals surface area contributed by atoms with Crippen molar-refractivity contribution in [1.82, 2.24) is 14.8 Å². The highest BCUT2D eigenvalue weighted by molar-refractivity contribution is 5.86. The predicted octanol–water partition coefficient (Wildman–Crippen LogP) is -0.440. The summed E-state index contributed by atoms with van der Waals surface area (Å²) in [5.74, 6) is 4.22. The molecule has 1 heterocycles. The normalized spacial score (nSPS) is 8.83. The number of aryl methyl sites for hydroxylation is 1. The van der Waals surface area contributed by atoms with Gasteiger partial charge in [0.1, 0.15) is 5.82 Å². The highest BCUT2D eigenvalue weighted by atomic mass is 16.4. The monoisotopic (exact) mass is 165 g/mol. The van der Waals surface area contributed by atoms with Gasteiger partial charge in [0.15, 0.2) is 0 Å². The number of hydrogen-bond acceptors (Lipinski definition) is 3. The first-order valence-corrected chi connectivity index (χ1v) is 3.22. The third-order valence-electron chi connectivity index (χ3n) is 1.37. The van der Waals surface area contributed by atoms with Crippen LogP contribution in [0.1, 0.15) is 11.6 Å². The van der Waals surface area contributed by atoms with E-state index in [-0.39, 0.29) is 0 Å². The van der Waals surface area contributed by atoms with Crippen LogP contribution in [0.4, 0.5) is 0 Å². The molecule has 0 fully saturated rings. The molecule has 1 aromatic heterocycles. The Labute approximate surface area is 69.0 Å². The molecular weight excluding hydrogens is 158 g/mol. The van der Waals surface area contributed by atoms with Crippen molar-refractivity contribution < 1.29 is 9.90 Å². The van der Waals surface area contributed by atoms with Crippen molar-refractivity contribution in [2.75, 3.05) is 0 Å². The Morgan fingerprint density at radius 3 is 2.67 bits per heavy atom. The topological polar surface area (TPSA) is 68.0 Å². The number of nitrogens with zero attached hydrogens (tertiary/aromatic N) is 3. The molecule has 0 amide bonds. The number of aliphatic carboxylic acids is 1. The molecule has 0 aliphatic rings. The Hall–Kier alpha value is -1.83. The first-order valence-electron chi connectivity index (χ1n) is 3.22. The minimum Gasteiger partial charge on any atom is -0.472 e. The largest absolute Gasteiger partial charge is 0.472 e. The van der Waals surface area contributed by atoms with Gasteiger partial charge in [0.05, 0.1) is 0 Å². The van der Waals surface area contributed by atoms with E-state index in [1.807, 2.05) is 5.92 Å². The molecule has 0 spiro atoms. The molecule has 0 aliphatic carbocycles. The van der Waals surface area contributed by atoms with Crippen LogP contribution in [0.25, 0.3) is 0 Å². The zero-order chi connectivity index (χ0) is 9.14. The van der Waals surface area contributed by atoms with Crippen LogP contribution >= 0.6 is 0 Å². The molecule has 0 atom stereocenters. The van der Waals surface area contributed by atoms with E-state index in [0.717, 1.165) is 0 Å². The summed E-state index contributed by atoms with van der Waals surface area (Å²) in [5.41, 5.74) is 0. The molecule has 5 nitrogen and oxygen atoms in total. The molecule has 62 valence electrons. The second kappa shape index (κ2) is 3.05. The van der Waals surface area contributed by atoms with Crippen LogP contribution in [0.3, 0.4) is 0 Å². The van der Waals surface area contributed by atoms with Crippen LogP contribution < -0.4 is 0 Å². The molecule has 0 aromatic carbocycles. The Balaban J connectivity index is 3.00. The number of aromatic nitrogens is 3. The van der Waals surface area contributed by atoms with E-state index in [1.165, 1.54) is 0 Å². The van der Waals surface area contributed by atoms with E-state index in [1.54, 1.807) is 18.5 Å². The zero-order valence-electron chi connectivity index (χ0n) is 6.70. The van der Waals surface area contributed by atoms with Gasteiger partial charge in [0.25, 0.3) is 0 Å². The fraction of sp³-hybridized carbons (Fsp3) is 0.286. The van der Waals surface area contributed by atoms with Crippen molar-refractivity contribution in [1.29, 1.82) is 0 Å². The van der Waals surface area contributed by atoms with Gasteiger partial charge in [0, 0.05) is 13.0 Å². The Kier molecular flexibility index (Phi) is 2.10. The molecular formula is C7H7N3O2. The van der Waals surface area contributed by atoms with Gasteiger partial charge >= 0.3 is 5.97 Å². The molecule has 1 rings (SSSR count). The standard InChI is InChI=1S/C7H7N3O2/c1-5-8-9-6(10(5)2)3-4-7(11)12/h1-2H3,(H,11,12). The molecule has 5 heteroatoms. The van der Waals surface area contributed by atoms with Gasteiger partial charge in [-0.05, 0) is 12.8 Å². The average Bonchev–Trinajstić information content (AvgIpc) is 2.30. The van der Waals surface area contributed by atoms with Gasteiger partial charge in [0.2, 0.25) is 5.82 Å². The van der Waals surface area contributed by atoms with Crippen molar-refractivity contribution in [3.05, 3.63) is 11.6 Å². The summed E-state index contributed by atoms with van der Waals surface area (Å²) in [7, 11) is 1.72. The van der Waals surface area contributed by atoms with Crippen LogP contribution in [0, 0.1) is 18.8 Å². The van der Waals surface area contributed by atoms with Gasteiger partial charge in [-0.3, -0.25) is 0 Å². The number of rotatable bonds is 0. The summed E-state index contributed by atoms with van der Waals surface area (Å²) < 4.78 is 1.62. The van der Waals surface area contributed by atoms with Crippen LogP contribution in [0.5, 0.6) is 0 Å². The smallest absolute Gasteiger partial charge is 0.382 e. The molecule has 12 heavy (non-hydrogen) atoms. The second-order valence-corrected chi connectivity index (χ2v) is 2.18. The maximum Gasteiger partial charge on any atom is 0.382 e. The Morgan fingerprint density at radius 1 is 1.58 bits per heavy atom. The van der Waals surface area contributed by atoms with E-state index in [4.69, 9.17) is 5.11 Å². The van der Waals surface area contributed by atoms with Crippen LogP contribution in [0.2, 0.25) is 0 Å². The Bertz CT molecular complexity index is 370. The quantitative estimate of drug-likeness (QED) is 0.529. The molecule has 1 N–H and O–H groups in total. The highest BCUT2D eigenvalue weighted by Gasteiger charge is 2.00. The number of hydrogen-bond donors (Lipinski definition) is 1. The van der Waals surface area contributed by atoms with E-state index >= 15 is 0 Å². The highest BCUT2D eigenvalue weighted by Crippen LogP contribution is 1.93. The molecule has 0 unspecified atom stereocenters. The lowest BCUT2D eigenvalue weighted by Gasteiger charge is -1.90. The minimum atomic E-state index is -1.17. The van der Waals surface area contributed by atoms with Crippen molar-refractivity contribution in [2.45, 2.75) is 6.92 Å². The first kappa shape index (κ1) is 8.27. The van der Waals surface area contributed by atoms with Crippen molar-refractivity contribution in [3.63, 3.8) is 0 Å². The summed E-state index contributed by atoms with van der Waals surface area (Å²) in [6.07, 6.45) is 0. The molecule has 0 radical (unpaired) electrons. The summed E-state index contributed by atoms with van der Waals surface area (Å²) in [6, 6.07) is 0. The average molecular weight is 165 g/mol. The van der Waals surface area contributed by atoms with Crippen LogP contribution in [0.15, 0.2) is 0 Å². The second-order valence-electron chi connectivity index (χ2n) is 2.18. The van der Waals surface area contributed by atoms with E-state index < -0.39 is 5.97 Å². The van der Waals surface area contributed by atoms with Crippen molar-refractivity contribution in [2.24, 2.45) is 7.05 Å². The summed E-state index contributed by atoms with van der Waals surface area (Å²) in [5, 5.41) is 15.6. The first-order chi connectivity index (χ1) is 5.61. The predicted molar refractivity (Wildman–Crippen MR) is 40.3 cm³/mol. The van der Waals surface area contributed by atoms with E-state index in [2.05, 4.69) is 16.1 Å². The summed E-state index contributed by atoms with van der Waals surface area (Å²) in [4.78, 5) is 10.1. The SMILES string of the molecule is Cc1nnc(C#CC(=O)O)n1C. The molecule has 0 bridgehead atoms. The maximum absolute atomic E-state index is 10.1. The zero-order valence-corrected chi connectivity index (χ0v) is 6.70. The maximum atomic E-state index is 10.1. The number of carboxylic acid groups (broad SMARTS) is 1. The minimum absolute atomic E-state index is 0.356. The van der Waals surface area contributed by atoms with Gasteiger partial charge in [-0.1, -0.05) is 0 Å². The van der Waals surface area contributed by atoms with Gasteiger partial charge < -0.3 is 9.67 Å². The van der Waals surface area contributed by atoms with Crippen LogP contribution in [-0.4, -0.2) is 25.8 Å². The molecule has 0 aliphatic heterocycles. The third-order valence-corrected chi connectivity index (χ3v) is 1.37. The molecule has 0 saturated heterocycles. The van der Waals surface area contributed by atoms with Gasteiger partial charge in [-0.15, -0.1) is 10.2 Å². The number of carboxylic acids is 1. The number of carbonyl (C=O) groups is 1. The fourth-order valence-electron chi connectivity index (χ4n) is 0.625. The van der Waals surface area contributed by atoms with E-state index in [9.17, 15) is 4.79 Å².